The van der Waals surface area contributed by atoms with Crippen molar-refractivity contribution in [2.75, 3.05) is 6.54 Å². The third-order valence-electron chi connectivity index (χ3n) is 3.92. The molecule has 0 aliphatic heterocycles. The summed E-state index contributed by atoms with van der Waals surface area (Å²) in [4.78, 5) is 2.79. The van der Waals surface area contributed by atoms with Gasteiger partial charge in [0.25, 0.3) is 0 Å². The number of rotatable bonds is 7. The zero-order valence-electron chi connectivity index (χ0n) is 14.8. The smallest absolute Gasteiger partial charge is 0.0292 e. The average molecular weight is 299 g/mol. The second-order valence-corrected chi connectivity index (χ2v) is 6.72. The summed E-state index contributed by atoms with van der Waals surface area (Å²) < 4.78 is 0. The van der Waals surface area contributed by atoms with Gasteiger partial charge in [0.15, 0.2) is 0 Å². The van der Waals surface area contributed by atoms with E-state index in [2.05, 4.69) is 75.9 Å². The van der Waals surface area contributed by atoms with E-state index < -0.39 is 0 Å². The van der Waals surface area contributed by atoms with Crippen LogP contribution in [-0.2, 0) is 0 Å². The molecule has 0 bridgehead atoms. The van der Waals surface area contributed by atoms with Crippen molar-refractivity contribution in [3.05, 3.63) is 50.9 Å². The Hall–Kier alpha value is -1.73. The molecule has 0 radical (unpaired) electrons. The fraction of sp³-hybridized carbons (Fsp3) is 0.579. The van der Waals surface area contributed by atoms with Gasteiger partial charge < -0.3 is 0 Å². The molecule has 0 saturated heterocycles. The first kappa shape index (κ1) is 18.3. The summed E-state index contributed by atoms with van der Waals surface area (Å²) in [7, 11) is 0. The van der Waals surface area contributed by atoms with Crippen molar-refractivity contribution in [2.45, 2.75) is 65.7 Å². The SMILES string of the molecule is CC(C)c1cc(C(C)C)c(C=CCCN=[N+]=[N-])c(C(C)C)c1. The normalized spacial score (nSPS) is 11.7. The molecule has 0 heterocycles. The Labute approximate surface area is 135 Å². The van der Waals surface area contributed by atoms with Crippen molar-refractivity contribution in [3.8, 4) is 0 Å². The molecule has 0 spiro atoms. The molecule has 3 heteroatoms. The van der Waals surface area contributed by atoms with Gasteiger partial charge >= 0.3 is 0 Å². The molecule has 22 heavy (non-hydrogen) atoms. The topological polar surface area (TPSA) is 48.8 Å². The number of benzene rings is 1. The van der Waals surface area contributed by atoms with Crippen molar-refractivity contribution < 1.29 is 0 Å². The molecule has 1 rings (SSSR count). The number of nitrogens with zero attached hydrogens (tertiary/aromatic N) is 3. The molecular formula is C19H29N3. The van der Waals surface area contributed by atoms with Crippen molar-refractivity contribution in [2.24, 2.45) is 5.11 Å². The van der Waals surface area contributed by atoms with Crippen LogP contribution in [0.2, 0.25) is 0 Å². The number of hydrogen-bond donors (Lipinski definition) is 0. The lowest BCUT2D eigenvalue weighted by atomic mass is 9.84. The summed E-state index contributed by atoms with van der Waals surface area (Å²) in [6, 6.07) is 4.71. The fourth-order valence-electron chi connectivity index (χ4n) is 2.58. The molecule has 0 aromatic heterocycles. The van der Waals surface area contributed by atoms with Gasteiger partial charge in [0.1, 0.15) is 0 Å². The van der Waals surface area contributed by atoms with E-state index in [9.17, 15) is 0 Å². The second kappa shape index (κ2) is 8.65. The van der Waals surface area contributed by atoms with Gasteiger partial charge in [-0.3, -0.25) is 0 Å². The highest BCUT2D eigenvalue weighted by Gasteiger charge is 2.15. The summed E-state index contributed by atoms with van der Waals surface area (Å²) in [5, 5.41) is 3.58. The minimum Gasteiger partial charge on any atom is -0.0937 e. The zero-order chi connectivity index (χ0) is 16.7. The lowest BCUT2D eigenvalue weighted by molar-refractivity contribution is 0.800. The van der Waals surface area contributed by atoms with Crippen molar-refractivity contribution in [1.82, 2.24) is 0 Å². The van der Waals surface area contributed by atoms with Crippen LogP contribution in [0.1, 0.15) is 88.0 Å². The van der Waals surface area contributed by atoms with Gasteiger partial charge in [0.2, 0.25) is 0 Å². The number of hydrogen-bond acceptors (Lipinski definition) is 1. The van der Waals surface area contributed by atoms with E-state index in [1.54, 1.807) is 0 Å². The van der Waals surface area contributed by atoms with Gasteiger partial charge in [-0.15, -0.1) is 0 Å². The first-order valence-electron chi connectivity index (χ1n) is 8.23. The van der Waals surface area contributed by atoms with E-state index in [1.165, 1.54) is 22.3 Å². The van der Waals surface area contributed by atoms with Gasteiger partial charge in [-0.05, 0) is 52.0 Å². The van der Waals surface area contributed by atoms with Crippen molar-refractivity contribution in [3.63, 3.8) is 0 Å². The van der Waals surface area contributed by atoms with Crippen LogP contribution in [0.5, 0.6) is 0 Å². The first-order chi connectivity index (χ1) is 10.4. The van der Waals surface area contributed by atoms with Crippen LogP contribution in [0, 0.1) is 0 Å². The summed E-state index contributed by atoms with van der Waals surface area (Å²) in [6.07, 6.45) is 5.11. The molecule has 0 saturated carbocycles. The quantitative estimate of drug-likeness (QED) is 0.231. The maximum atomic E-state index is 8.33. The van der Waals surface area contributed by atoms with Crippen LogP contribution in [0.15, 0.2) is 23.3 Å². The van der Waals surface area contributed by atoms with E-state index in [0.29, 0.717) is 24.3 Å². The molecule has 120 valence electrons. The molecule has 0 aliphatic rings. The average Bonchev–Trinajstić information content (AvgIpc) is 2.45. The molecule has 1 aromatic rings. The summed E-state index contributed by atoms with van der Waals surface area (Å²) >= 11 is 0. The van der Waals surface area contributed by atoms with E-state index in [0.717, 1.165) is 6.42 Å². The Morgan fingerprint density at radius 2 is 1.55 bits per heavy atom. The largest absolute Gasteiger partial charge is 0.0937 e. The maximum Gasteiger partial charge on any atom is 0.0292 e. The van der Waals surface area contributed by atoms with Crippen molar-refractivity contribution >= 4 is 6.08 Å². The highest BCUT2D eigenvalue weighted by molar-refractivity contribution is 5.61. The van der Waals surface area contributed by atoms with Gasteiger partial charge in [-0.1, -0.05) is 70.9 Å². The highest BCUT2D eigenvalue weighted by Crippen LogP contribution is 2.33. The van der Waals surface area contributed by atoms with E-state index in [-0.39, 0.29) is 0 Å². The summed E-state index contributed by atoms with van der Waals surface area (Å²) in [5.41, 5.74) is 13.9. The lowest BCUT2D eigenvalue weighted by Crippen LogP contribution is -2.03. The second-order valence-electron chi connectivity index (χ2n) is 6.72. The monoisotopic (exact) mass is 299 g/mol. The predicted octanol–water partition coefficient (Wildman–Crippen LogP) is 6.77. The van der Waals surface area contributed by atoms with Crippen LogP contribution >= 0.6 is 0 Å². The minimum absolute atomic E-state index is 0.493. The Morgan fingerprint density at radius 3 is 1.95 bits per heavy atom. The third kappa shape index (κ3) is 4.92. The molecule has 0 unspecified atom stereocenters. The number of azide groups is 1. The predicted molar refractivity (Wildman–Crippen MR) is 96.4 cm³/mol. The molecule has 0 amide bonds. The van der Waals surface area contributed by atoms with Crippen LogP contribution < -0.4 is 0 Å². The van der Waals surface area contributed by atoms with Gasteiger partial charge in [0.05, 0.1) is 0 Å². The van der Waals surface area contributed by atoms with Gasteiger partial charge in [-0.25, -0.2) is 0 Å². The molecule has 0 atom stereocenters. The van der Waals surface area contributed by atoms with Crippen LogP contribution in [0.4, 0.5) is 0 Å². The molecule has 1 aromatic carbocycles. The molecule has 0 fully saturated rings. The Kier molecular flexibility index (Phi) is 7.20. The van der Waals surface area contributed by atoms with E-state index in [4.69, 9.17) is 5.53 Å². The summed E-state index contributed by atoms with van der Waals surface area (Å²) in [6.45, 7) is 14.0. The van der Waals surface area contributed by atoms with E-state index in [1.807, 2.05) is 0 Å². The zero-order valence-corrected chi connectivity index (χ0v) is 14.8. The minimum atomic E-state index is 0.493. The molecule has 0 aliphatic carbocycles. The molecular weight excluding hydrogens is 270 g/mol. The van der Waals surface area contributed by atoms with Gasteiger partial charge in [0, 0.05) is 11.5 Å². The van der Waals surface area contributed by atoms with Crippen molar-refractivity contribution in [1.29, 1.82) is 0 Å². The van der Waals surface area contributed by atoms with Crippen LogP contribution in [0.25, 0.3) is 16.5 Å². The highest BCUT2D eigenvalue weighted by atomic mass is 15.1. The standard InChI is InChI=1S/C19H29N3/c1-13(2)16-11-18(14(3)4)17(19(12-16)15(5)6)9-7-8-10-21-22-20/h7,9,11-15H,8,10H2,1-6H3. The van der Waals surface area contributed by atoms with E-state index >= 15 is 0 Å². The Bertz CT molecular complexity index is 533. The molecule has 0 N–H and O–H groups in total. The molecule has 3 nitrogen and oxygen atoms in total. The third-order valence-corrected chi connectivity index (χ3v) is 3.92. The fourth-order valence-corrected chi connectivity index (χ4v) is 2.58. The lowest BCUT2D eigenvalue weighted by Gasteiger charge is -2.21. The Balaban J connectivity index is 3.29. The Morgan fingerprint density at radius 1 is 1.00 bits per heavy atom. The maximum absolute atomic E-state index is 8.33. The van der Waals surface area contributed by atoms with Crippen LogP contribution in [0.3, 0.4) is 0 Å². The van der Waals surface area contributed by atoms with Crippen LogP contribution in [-0.4, -0.2) is 6.54 Å². The summed E-state index contributed by atoms with van der Waals surface area (Å²) in [5.74, 6) is 1.53. The first-order valence-corrected chi connectivity index (χ1v) is 8.23. The van der Waals surface area contributed by atoms with Gasteiger partial charge in [-0.2, -0.15) is 0 Å².